The number of halogens is 3. The van der Waals surface area contributed by atoms with E-state index < -0.39 is 0 Å². The summed E-state index contributed by atoms with van der Waals surface area (Å²) in [7, 11) is 0. The minimum atomic E-state index is -0.167. The maximum atomic E-state index is 12.4. The molecule has 0 aliphatic rings. The molecule has 28 heavy (non-hydrogen) atoms. The first-order valence-electron chi connectivity index (χ1n) is 8.36. The van der Waals surface area contributed by atoms with Gasteiger partial charge in [-0.2, -0.15) is 0 Å². The summed E-state index contributed by atoms with van der Waals surface area (Å²) in [6, 6.07) is 8.87. The van der Waals surface area contributed by atoms with E-state index in [1.165, 1.54) is 23.2 Å². The topological polar surface area (TPSA) is 42.4 Å². The molecule has 0 radical (unpaired) electrons. The number of rotatable bonds is 5. The van der Waals surface area contributed by atoms with Crippen molar-refractivity contribution in [3.63, 3.8) is 0 Å². The second-order valence-corrected chi connectivity index (χ2v) is 8.31. The summed E-state index contributed by atoms with van der Waals surface area (Å²) < 4.78 is 5.72. The number of nitrogens with zero attached hydrogens (tertiary/aromatic N) is 2. The summed E-state index contributed by atoms with van der Waals surface area (Å²) >= 11 is 19.7. The first-order chi connectivity index (χ1) is 13.3. The predicted molar refractivity (Wildman–Crippen MR) is 117 cm³/mol. The smallest absolute Gasteiger partial charge is 0.230 e. The molecular formula is C20H17Cl3N2O2S. The molecule has 3 rings (SSSR count). The number of aryl methyl sites for hydroxylation is 2. The Morgan fingerprint density at radius 2 is 1.86 bits per heavy atom. The Morgan fingerprint density at radius 1 is 1.11 bits per heavy atom. The fourth-order valence-corrected chi connectivity index (χ4v) is 4.32. The van der Waals surface area contributed by atoms with Crippen LogP contribution in [0.25, 0.3) is 0 Å². The number of anilines is 2. The normalized spacial score (nSPS) is 10.8. The van der Waals surface area contributed by atoms with Gasteiger partial charge in [0.2, 0.25) is 5.91 Å². The number of carbonyl (C=O) groups excluding carboxylic acids is 1. The summed E-state index contributed by atoms with van der Waals surface area (Å²) in [6.45, 7) is 5.61. The van der Waals surface area contributed by atoms with E-state index in [0.29, 0.717) is 37.3 Å². The van der Waals surface area contributed by atoms with E-state index >= 15 is 0 Å². The van der Waals surface area contributed by atoms with Crippen LogP contribution in [0.4, 0.5) is 10.8 Å². The Hall–Kier alpha value is -1.79. The largest absolute Gasteiger partial charge is 0.487 e. The van der Waals surface area contributed by atoms with Crippen molar-refractivity contribution < 1.29 is 9.53 Å². The lowest BCUT2D eigenvalue weighted by atomic mass is 10.1. The Bertz CT molecular complexity index is 1010. The van der Waals surface area contributed by atoms with Crippen molar-refractivity contribution in [2.75, 3.05) is 4.90 Å². The van der Waals surface area contributed by atoms with Gasteiger partial charge in [-0.1, -0.05) is 40.9 Å². The highest BCUT2D eigenvalue weighted by atomic mass is 35.5. The molecule has 0 aliphatic carbocycles. The van der Waals surface area contributed by atoms with Gasteiger partial charge in [0.05, 0.1) is 26.4 Å². The third-order valence-corrected chi connectivity index (χ3v) is 5.85. The monoisotopic (exact) mass is 454 g/mol. The van der Waals surface area contributed by atoms with Gasteiger partial charge in [-0.05, 0) is 43.2 Å². The number of carbonyl (C=O) groups is 1. The third-order valence-electron chi connectivity index (χ3n) is 3.95. The molecule has 0 bridgehead atoms. The Balaban J connectivity index is 1.84. The van der Waals surface area contributed by atoms with Crippen molar-refractivity contribution in [3.05, 3.63) is 67.6 Å². The number of hydrogen-bond donors (Lipinski definition) is 0. The average molecular weight is 456 g/mol. The molecule has 0 spiro atoms. The number of ether oxygens (including phenoxy) is 1. The van der Waals surface area contributed by atoms with E-state index in [9.17, 15) is 4.79 Å². The molecule has 0 saturated carbocycles. The molecule has 3 aromatic rings. The van der Waals surface area contributed by atoms with E-state index in [1.807, 2.05) is 31.4 Å². The summed E-state index contributed by atoms with van der Waals surface area (Å²) in [5.74, 6) is 0.421. The van der Waals surface area contributed by atoms with Crippen molar-refractivity contribution in [2.24, 2.45) is 0 Å². The molecule has 0 unspecified atom stereocenters. The van der Waals surface area contributed by atoms with E-state index in [0.717, 1.165) is 11.1 Å². The fourth-order valence-electron chi connectivity index (χ4n) is 2.77. The number of thiazole rings is 1. The highest BCUT2D eigenvalue weighted by molar-refractivity contribution is 7.14. The summed E-state index contributed by atoms with van der Waals surface area (Å²) in [5.41, 5.74) is 3.28. The maximum Gasteiger partial charge on any atom is 0.230 e. The average Bonchev–Trinajstić information content (AvgIpc) is 3.07. The quantitative estimate of drug-likeness (QED) is 0.416. The third kappa shape index (κ3) is 4.61. The predicted octanol–water partition coefficient (Wildman–Crippen LogP) is 6.98. The van der Waals surface area contributed by atoms with E-state index in [4.69, 9.17) is 39.5 Å². The standard InChI is InChI=1S/C20H17Cl3N2O2S/c1-11-6-12(2)19(18(23)7-11)25(13(3)26)20-24-14(10-28-20)9-27-15-4-5-16(21)17(22)8-15/h4-8,10H,9H2,1-3H3. The minimum Gasteiger partial charge on any atom is -0.487 e. The second-order valence-electron chi connectivity index (χ2n) is 6.25. The molecule has 0 fully saturated rings. The van der Waals surface area contributed by atoms with Crippen LogP contribution in [0.2, 0.25) is 15.1 Å². The van der Waals surface area contributed by atoms with Crippen molar-refractivity contribution in [3.8, 4) is 5.75 Å². The number of hydrogen-bond acceptors (Lipinski definition) is 4. The van der Waals surface area contributed by atoms with Gasteiger partial charge >= 0.3 is 0 Å². The van der Waals surface area contributed by atoms with Crippen molar-refractivity contribution in [1.82, 2.24) is 4.98 Å². The number of benzene rings is 2. The van der Waals surface area contributed by atoms with Crippen LogP contribution in [-0.2, 0) is 11.4 Å². The molecule has 0 N–H and O–H groups in total. The molecule has 2 aromatic carbocycles. The van der Waals surface area contributed by atoms with Gasteiger partial charge in [0.1, 0.15) is 12.4 Å². The molecule has 0 aliphatic heterocycles. The zero-order valence-corrected chi connectivity index (χ0v) is 18.5. The summed E-state index contributed by atoms with van der Waals surface area (Å²) in [5, 5.41) is 3.78. The van der Waals surface area contributed by atoms with Crippen LogP contribution in [0.3, 0.4) is 0 Å². The van der Waals surface area contributed by atoms with Gasteiger partial charge in [-0.15, -0.1) is 11.3 Å². The molecule has 0 atom stereocenters. The van der Waals surface area contributed by atoms with Crippen molar-refractivity contribution >= 4 is 62.9 Å². The molecule has 1 aromatic heterocycles. The Kier molecular flexibility index (Phi) is 6.50. The van der Waals surface area contributed by atoms with Gasteiger partial charge in [0.25, 0.3) is 0 Å². The molecule has 4 nitrogen and oxygen atoms in total. The van der Waals surface area contributed by atoms with Gasteiger partial charge in [0, 0.05) is 18.4 Å². The van der Waals surface area contributed by atoms with E-state index in [-0.39, 0.29) is 12.5 Å². The molecular weight excluding hydrogens is 439 g/mol. The number of amides is 1. The lowest BCUT2D eigenvalue weighted by Gasteiger charge is -2.22. The Morgan fingerprint density at radius 3 is 2.50 bits per heavy atom. The molecule has 8 heteroatoms. The first-order valence-corrected chi connectivity index (χ1v) is 10.4. The second kappa shape index (κ2) is 8.70. The van der Waals surface area contributed by atoms with E-state index in [2.05, 4.69) is 4.98 Å². The van der Waals surface area contributed by atoms with Crippen LogP contribution >= 0.6 is 46.1 Å². The van der Waals surface area contributed by atoms with Gasteiger partial charge in [-0.25, -0.2) is 4.98 Å². The van der Waals surface area contributed by atoms with Crippen LogP contribution in [0, 0.1) is 13.8 Å². The fraction of sp³-hybridized carbons (Fsp3) is 0.200. The van der Waals surface area contributed by atoms with Crippen molar-refractivity contribution in [2.45, 2.75) is 27.4 Å². The van der Waals surface area contributed by atoms with Crippen LogP contribution < -0.4 is 9.64 Å². The molecule has 146 valence electrons. The lowest BCUT2D eigenvalue weighted by Crippen LogP contribution is -2.24. The number of aromatic nitrogens is 1. The summed E-state index contributed by atoms with van der Waals surface area (Å²) in [4.78, 5) is 18.4. The maximum absolute atomic E-state index is 12.4. The van der Waals surface area contributed by atoms with Gasteiger partial charge in [-0.3, -0.25) is 9.69 Å². The van der Waals surface area contributed by atoms with Crippen LogP contribution in [0.15, 0.2) is 35.7 Å². The minimum absolute atomic E-state index is 0.167. The highest BCUT2D eigenvalue weighted by Crippen LogP contribution is 2.37. The molecule has 0 saturated heterocycles. The Labute approximate surface area is 182 Å². The first kappa shape index (κ1) is 20.9. The molecule has 1 amide bonds. The zero-order valence-electron chi connectivity index (χ0n) is 15.4. The SMILES string of the molecule is CC(=O)N(c1nc(COc2ccc(Cl)c(Cl)c2)cs1)c1c(C)cc(C)cc1Cl. The lowest BCUT2D eigenvalue weighted by molar-refractivity contribution is -0.115. The van der Waals surface area contributed by atoms with Crippen LogP contribution in [0.1, 0.15) is 23.7 Å². The van der Waals surface area contributed by atoms with Crippen molar-refractivity contribution in [1.29, 1.82) is 0 Å². The van der Waals surface area contributed by atoms with Gasteiger partial charge < -0.3 is 4.74 Å². The van der Waals surface area contributed by atoms with Gasteiger partial charge in [0.15, 0.2) is 5.13 Å². The van der Waals surface area contributed by atoms with Crippen LogP contribution in [-0.4, -0.2) is 10.9 Å². The zero-order chi connectivity index (χ0) is 20.4. The summed E-state index contributed by atoms with van der Waals surface area (Å²) in [6.07, 6.45) is 0. The van der Waals surface area contributed by atoms with E-state index in [1.54, 1.807) is 18.2 Å². The van der Waals surface area contributed by atoms with Crippen LogP contribution in [0.5, 0.6) is 5.75 Å². The highest BCUT2D eigenvalue weighted by Gasteiger charge is 2.22. The molecule has 1 heterocycles.